The van der Waals surface area contributed by atoms with Gasteiger partial charge < -0.3 is 9.64 Å². The predicted molar refractivity (Wildman–Crippen MR) is 83.4 cm³/mol. The van der Waals surface area contributed by atoms with E-state index >= 15 is 0 Å². The second kappa shape index (κ2) is 7.08. The van der Waals surface area contributed by atoms with Gasteiger partial charge in [-0.25, -0.2) is 0 Å². The first-order valence-electron chi connectivity index (χ1n) is 8.27. The summed E-state index contributed by atoms with van der Waals surface area (Å²) in [6, 6.07) is 8.75. The van der Waals surface area contributed by atoms with Crippen molar-refractivity contribution in [2.24, 2.45) is 0 Å². The molecule has 114 valence electrons. The van der Waals surface area contributed by atoms with Gasteiger partial charge in [-0.15, -0.1) is 0 Å². The third-order valence-electron chi connectivity index (χ3n) is 4.78. The molecule has 21 heavy (non-hydrogen) atoms. The maximum atomic E-state index is 12.2. The zero-order valence-corrected chi connectivity index (χ0v) is 12.7. The van der Waals surface area contributed by atoms with Crippen LogP contribution < -0.4 is 0 Å². The highest BCUT2D eigenvalue weighted by atomic mass is 16.5. The van der Waals surface area contributed by atoms with Crippen molar-refractivity contribution in [3.8, 4) is 0 Å². The van der Waals surface area contributed by atoms with Crippen molar-refractivity contribution < 1.29 is 9.53 Å². The van der Waals surface area contributed by atoms with E-state index in [-0.39, 0.29) is 5.91 Å². The van der Waals surface area contributed by atoms with Gasteiger partial charge >= 0.3 is 0 Å². The van der Waals surface area contributed by atoms with Crippen LogP contribution in [0, 0.1) is 0 Å². The molecule has 0 aromatic heterocycles. The zero-order valence-electron chi connectivity index (χ0n) is 12.7. The Balaban J connectivity index is 1.57. The fourth-order valence-electron chi connectivity index (χ4n) is 3.44. The largest absolute Gasteiger partial charge is 0.378 e. The highest BCUT2D eigenvalue weighted by Gasteiger charge is 2.18. The Labute approximate surface area is 127 Å². The van der Waals surface area contributed by atoms with Crippen molar-refractivity contribution in [1.29, 1.82) is 0 Å². The van der Waals surface area contributed by atoms with Crippen LogP contribution in [0.2, 0.25) is 0 Å². The van der Waals surface area contributed by atoms with Gasteiger partial charge in [-0.2, -0.15) is 0 Å². The first-order valence-corrected chi connectivity index (χ1v) is 8.27. The molecule has 0 atom stereocenters. The fraction of sp³-hybridized carbons (Fsp3) is 0.611. The summed E-state index contributed by atoms with van der Waals surface area (Å²) in [5.41, 5.74) is 2.59. The van der Waals surface area contributed by atoms with Gasteiger partial charge in [0.2, 0.25) is 5.91 Å². The van der Waals surface area contributed by atoms with Crippen LogP contribution in [-0.4, -0.2) is 37.1 Å². The lowest BCUT2D eigenvalue weighted by molar-refractivity contribution is -0.134. The number of rotatable bonds is 3. The summed E-state index contributed by atoms with van der Waals surface area (Å²) in [7, 11) is 0. The van der Waals surface area contributed by atoms with Gasteiger partial charge in [-0.3, -0.25) is 4.79 Å². The first kappa shape index (κ1) is 14.6. The number of amides is 1. The van der Waals surface area contributed by atoms with Crippen LogP contribution in [0.25, 0.3) is 0 Å². The number of benzene rings is 1. The number of ether oxygens (including phenoxy) is 1. The molecular formula is C18H25NO2. The number of nitrogens with zero attached hydrogens (tertiary/aromatic N) is 1. The van der Waals surface area contributed by atoms with E-state index in [1.807, 2.05) is 4.90 Å². The van der Waals surface area contributed by atoms with Crippen molar-refractivity contribution in [2.45, 2.75) is 44.4 Å². The van der Waals surface area contributed by atoms with E-state index in [9.17, 15) is 4.79 Å². The average molecular weight is 287 g/mol. The van der Waals surface area contributed by atoms with E-state index in [0.29, 0.717) is 19.6 Å². The standard InChI is InChI=1S/C18H25NO2/c20-18(19-10-12-21-13-11-19)14-15-6-8-17(9-7-15)16-4-2-1-3-5-16/h6-9,16H,1-5,10-14H2. The summed E-state index contributed by atoms with van der Waals surface area (Å²) in [6.45, 7) is 2.82. The summed E-state index contributed by atoms with van der Waals surface area (Å²) >= 11 is 0. The molecule has 1 amide bonds. The molecule has 1 aliphatic heterocycles. The summed E-state index contributed by atoms with van der Waals surface area (Å²) in [5, 5.41) is 0. The molecule has 0 spiro atoms. The van der Waals surface area contributed by atoms with Crippen LogP contribution >= 0.6 is 0 Å². The molecule has 0 bridgehead atoms. The van der Waals surface area contributed by atoms with Crippen molar-refractivity contribution in [3.63, 3.8) is 0 Å². The second-order valence-corrected chi connectivity index (χ2v) is 6.25. The zero-order chi connectivity index (χ0) is 14.5. The minimum absolute atomic E-state index is 0.226. The Hall–Kier alpha value is -1.35. The molecule has 0 unspecified atom stereocenters. The molecule has 3 nitrogen and oxygen atoms in total. The highest BCUT2D eigenvalue weighted by molar-refractivity contribution is 5.78. The minimum Gasteiger partial charge on any atom is -0.378 e. The van der Waals surface area contributed by atoms with Crippen LogP contribution in [0.3, 0.4) is 0 Å². The molecular weight excluding hydrogens is 262 g/mol. The van der Waals surface area contributed by atoms with Crippen LogP contribution in [0.15, 0.2) is 24.3 Å². The number of morpholine rings is 1. The lowest BCUT2D eigenvalue weighted by atomic mass is 9.84. The Morgan fingerprint density at radius 2 is 1.71 bits per heavy atom. The van der Waals surface area contributed by atoms with E-state index in [0.717, 1.165) is 24.6 Å². The first-order chi connectivity index (χ1) is 10.3. The smallest absolute Gasteiger partial charge is 0.227 e. The van der Waals surface area contributed by atoms with E-state index in [1.54, 1.807) is 0 Å². The van der Waals surface area contributed by atoms with Crippen LogP contribution in [0.1, 0.15) is 49.1 Å². The molecule has 0 N–H and O–H groups in total. The number of carbonyl (C=O) groups excluding carboxylic acids is 1. The quantitative estimate of drug-likeness (QED) is 0.855. The SMILES string of the molecule is O=C(Cc1ccc(C2CCCCC2)cc1)N1CCOCC1. The maximum absolute atomic E-state index is 12.2. The van der Waals surface area contributed by atoms with Crippen molar-refractivity contribution >= 4 is 5.91 Å². The summed E-state index contributed by atoms with van der Waals surface area (Å²) < 4.78 is 5.29. The molecule has 3 heteroatoms. The second-order valence-electron chi connectivity index (χ2n) is 6.25. The Kier molecular flexibility index (Phi) is 4.91. The molecule has 1 saturated heterocycles. The summed E-state index contributed by atoms with van der Waals surface area (Å²) in [4.78, 5) is 14.1. The molecule has 3 rings (SSSR count). The third-order valence-corrected chi connectivity index (χ3v) is 4.78. The van der Waals surface area contributed by atoms with Gasteiger partial charge in [0.1, 0.15) is 0 Å². The van der Waals surface area contributed by atoms with E-state index in [2.05, 4.69) is 24.3 Å². The van der Waals surface area contributed by atoms with Gasteiger partial charge in [-0.05, 0) is 29.9 Å². The van der Waals surface area contributed by atoms with E-state index < -0.39 is 0 Å². The predicted octanol–water partition coefficient (Wildman–Crippen LogP) is 3.14. The lowest BCUT2D eigenvalue weighted by Gasteiger charge is -2.27. The normalized spacial score (nSPS) is 20.5. The van der Waals surface area contributed by atoms with E-state index in [4.69, 9.17) is 4.74 Å². The molecule has 1 heterocycles. The Bertz CT molecular complexity index is 457. The number of hydrogen-bond donors (Lipinski definition) is 0. The molecule has 2 fully saturated rings. The summed E-state index contributed by atoms with van der Waals surface area (Å²) in [6.07, 6.45) is 7.29. The van der Waals surface area contributed by atoms with Gasteiger partial charge in [0.15, 0.2) is 0 Å². The van der Waals surface area contributed by atoms with Crippen LogP contribution in [0.4, 0.5) is 0 Å². The lowest BCUT2D eigenvalue weighted by Crippen LogP contribution is -2.41. The molecule has 2 aliphatic rings. The molecule has 1 aliphatic carbocycles. The third kappa shape index (κ3) is 3.85. The van der Waals surface area contributed by atoms with Crippen molar-refractivity contribution in [1.82, 2.24) is 4.90 Å². The van der Waals surface area contributed by atoms with Crippen LogP contribution in [-0.2, 0) is 16.0 Å². The van der Waals surface area contributed by atoms with E-state index in [1.165, 1.54) is 37.7 Å². The molecule has 1 aromatic rings. The minimum atomic E-state index is 0.226. The van der Waals surface area contributed by atoms with Crippen molar-refractivity contribution in [3.05, 3.63) is 35.4 Å². The maximum Gasteiger partial charge on any atom is 0.227 e. The van der Waals surface area contributed by atoms with Gasteiger partial charge in [-0.1, -0.05) is 43.5 Å². The van der Waals surface area contributed by atoms with Gasteiger partial charge in [0.05, 0.1) is 19.6 Å². The number of hydrogen-bond acceptors (Lipinski definition) is 2. The molecule has 1 saturated carbocycles. The average Bonchev–Trinajstić information content (AvgIpc) is 2.57. The molecule has 1 aromatic carbocycles. The van der Waals surface area contributed by atoms with Gasteiger partial charge in [0, 0.05) is 13.1 Å². The Morgan fingerprint density at radius 1 is 1.05 bits per heavy atom. The van der Waals surface area contributed by atoms with Crippen LogP contribution in [0.5, 0.6) is 0 Å². The topological polar surface area (TPSA) is 29.5 Å². The van der Waals surface area contributed by atoms with Gasteiger partial charge in [0.25, 0.3) is 0 Å². The fourth-order valence-corrected chi connectivity index (χ4v) is 3.44. The molecule has 0 radical (unpaired) electrons. The van der Waals surface area contributed by atoms with Crippen molar-refractivity contribution in [2.75, 3.05) is 26.3 Å². The number of carbonyl (C=O) groups is 1. The Morgan fingerprint density at radius 3 is 2.38 bits per heavy atom. The highest BCUT2D eigenvalue weighted by Crippen LogP contribution is 2.32. The monoisotopic (exact) mass is 287 g/mol. The summed E-state index contributed by atoms with van der Waals surface area (Å²) in [5.74, 6) is 0.964.